The van der Waals surface area contributed by atoms with Crippen LogP contribution in [0, 0.1) is 6.92 Å². The van der Waals surface area contributed by atoms with Crippen LogP contribution in [0.4, 0.5) is 0 Å². The van der Waals surface area contributed by atoms with Crippen LogP contribution in [0.2, 0.25) is 5.02 Å². The van der Waals surface area contributed by atoms with Gasteiger partial charge < -0.3 is 4.90 Å². The Labute approximate surface area is 179 Å². The molecule has 2 aromatic heterocycles. The fourth-order valence-corrected chi connectivity index (χ4v) is 5.10. The molecule has 5 nitrogen and oxygen atoms in total. The van der Waals surface area contributed by atoms with Gasteiger partial charge in [-0.2, -0.15) is 5.10 Å². The number of likely N-dealkylation sites (tertiary alicyclic amines) is 1. The van der Waals surface area contributed by atoms with Crippen molar-refractivity contribution in [2.75, 3.05) is 13.1 Å². The van der Waals surface area contributed by atoms with Crippen molar-refractivity contribution in [2.45, 2.75) is 44.4 Å². The predicted octanol–water partition coefficient (Wildman–Crippen LogP) is 5.19. The zero-order chi connectivity index (χ0) is 20.0. The summed E-state index contributed by atoms with van der Waals surface area (Å²) in [5, 5.41) is 8.47. The van der Waals surface area contributed by atoms with E-state index in [4.69, 9.17) is 11.6 Å². The number of rotatable bonds is 4. The molecule has 1 amide bonds. The molecule has 1 atom stereocenters. The summed E-state index contributed by atoms with van der Waals surface area (Å²) >= 11 is 8.03. The van der Waals surface area contributed by atoms with Gasteiger partial charge in [-0.15, -0.1) is 11.3 Å². The van der Waals surface area contributed by atoms with Gasteiger partial charge in [-0.25, -0.2) is 9.67 Å². The normalized spacial score (nSPS) is 19.5. The third-order valence-corrected chi connectivity index (χ3v) is 7.26. The highest BCUT2D eigenvalue weighted by atomic mass is 35.5. The molecule has 1 aliphatic carbocycles. The lowest BCUT2D eigenvalue weighted by molar-refractivity contribution is 0.0706. The van der Waals surface area contributed by atoms with Gasteiger partial charge in [0.25, 0.3) is 5.91 Å². The minimum atomic E-state index is 0.0950. The van der Waals surface area contributed by atoms with Crippen molar-refractivity contribution in [2.24, 2.45) is 0 Å². The second kappa shape index (κ2) is 7.58. The minimum absolute atomic E-state index is 0.0950. The predicted molar refractivity (Wildman–Crippen MR) is 115 cm³/mol. The molecule has 29 heavy (non-hydrogen) atoms. The first-order chi connectivity index (χ1) is 14.1. The molecule has 0 radical (unpaired) electrons. The Kier molecular flexibility index (Phi) is 4.92. The Morgan fingerprint density at radius 1 is 1.24 bits per heavy atom. The zero-order valence-corrected chi connectivity index (χ0v) is 17.9. The molecule has 1 aromatic carbocycles. The summed E-state index contributed by atoms with van der Waals surface area (Å²) < 4.78 is 1.92. The number of amides is 1. The van der Waals surface area contributed by atoms with Crippen molar-refractivity contribution in [3.8, 4) is 5.69 Å². The fourth-order valence-electron chi connectivity index (χ4n) is 4.16. The summed E-state index contributed by atoms with van der Waals surface area (Å²) in [7, 11) is 0. The maximum Gasteiger partial charge on any atom is 0.257 e. The van der Waals surface area contributed by atoms with Crippen molar-refractivity contribution in [1.82, 2.24) is 19.7 Å². The number of benzene rings is 1. The van der Waals surface area contributed by atoms with Crippen LogP contribution in [0.25, 0.3) is 5.69 Å². The summed E-state index contributed by atoms with van der Waals surface area (Å²) in [6, 6.07) is 5.96. The number of thiazole rings is 1. The van der Waals surface area contributed by atoms with Crippen molar-refractivity contribution in [1.29, 1.82) is 0 Å². The summed E-state index contributed by atoms with van der Waals surface area (Å²) in [5.41, 5.74) is 3.73. The van der Waals surface area contributed by atoms with E-state index in [0.717, 1.165) is 71.3 Å². The zero-order valence-electron chi connectivity index (χ0n) is 16.3. The van der Waals surface area contributed by atoms with Crippen LogP contribution in [-0.4, -0.2) is 38.7 Å². The number of piperidine rings is 1. The molecular weight excluding hydrogens is 404 g/mol. The molecule has 1 saturated heterocycles. The highest BCUT2D eigenvalue weighted by Crippen LogP contribution is 2.43. The molecule has 5 rings (SSSR count). The lowest BCUT2D eigenvalue weighted by Crippen LogP contribution is -2.39. The summed E-state index contributed by atoms with van der Waals surface area (Å²) in [4.78, 5) is 19.9. The summed E-state index contributed by atoms with van der Waals surface area (Å²) in [6.07, 6.45) is 7.91. The molecule has 150 valence electrons. The smallest absolute Gasteiger partial charge is 0.257 e. The molecule has 0 N–H and O–H groups in total. The van der Waals surface area contributed by atoms with Gasteiger partial charge in [-0.1, -0.05) is 17.7 Å². The molecule has 1 aliphatic heterocycles. The van der Waals surface area contributed by atoms with Crippen LogP contribution in [0.15, 0.2) is 36.0 Å². The van der Waals surface area contributed by atoms with Gasteiger partial charge >= 0.3 is 0 Å². The van der Waals surface area contributed by atoms with E-state index in [0.29, 0.717) is 11.8 Å². The van der Waals surface area contributed by atoms with E-state index in [1.165, 1.54) is 0 Å². The number of hydrogen-bond donors (Lipinski definition) is 0. The molecule has 0 bridgehead atoms. The second-order valence-corrected chi connectivity index (χ2v) is 9.36. The van der Waals surface area contributed by atoms with E-state index < -0.39 is 0 Å². The SMILES string of the molecule is Cc1ccc(-n2ncc(C(=O)N3CCCC(c4nccs4)C3)c2C2CC2)cc1Cl. The van der Waals surface area contributed by atoms with Gasteiger partial charge in [0.05, 0.1) is 28.1 Å². The number of nitrogens with zero attached hydrogens (tertiary/aromatic N) is 4. The average molecular weight is 427 g/mol. The standard InChI is InChI=1S/C22H23ClN4OS/c1-14-4-7-17(11-19(14)23)27-20(15-5-6-15)18(12-25-27)22(28)26-9-2-3-16(13-26)21-24-8-10-29-21/h4,7-8,10-12,15-16H,2-3,5-6,9,13H2,1H3. The van der Waals surface area contributed by atoms with E-state index in [1.54, 1.807) is 17.5 Å². The monoisotopic (exact) mass is 426 g/mol. The number of aryl methyl sites for hydroxylation is 1. The number of halogens is 1. The molecule has 2 aliphatic rings. The van der Waals surface area contributed by atoms with Crippen molar-refractivity contribution in [3.63, 3.8) is 0 Å². The first kappa shape index (κ1) is 18.8. The average Bonchev–Trinajstić information content (AvgIpc) is 3.25. The van der Waals surface area contributed by atoms with E-state index in [9.17, 15) is 4.79 Å². The van der Waals surface area contributed by atoms with Gasteiger partial charge in [-0.05, 0) is 50.3 Å². The molecule has 0 spiro atoms. The molecule has 3 aromatic rings. The molecule has 3 heterocycles. The van der Waals surface area contributed by atoms with Crippen molar-refractivity contribution in [3.05, 3.63) is 62.8 Å². The third-order valence-electron chi connectivity index (χ3n) is 5.91. The Morgan fingerprint density at radius 2 is 2.10 bits per heavy atom. The number of carbonyl (C=O) groups excluding carboxylic acids is 1. The van der Waals surface area contributed by atoms with Gasteiger partial charge in [-0.3, -0.25) is 4.79 Å². The lowest BCUT2D eigenvalue weighted by Gasteiger charge is -2.32. The Bertz CT molecular complexity index is 1040. The number of carbonyl (C=O) groups is 1. The highest BCUT2D eigenvalue weighted by Gasteiger charge is 2.35. The van der Waals surface area contributed by atoms with E-state index in [1.807, 2.05) is 46.3 Å². The fraction of sp³-hybridized carbons (Fsp3) is 0.409. The molecule has 7 heteroatoms. The Balaban J connectivity index is 1.45. The molecule has 2 fully saturated rings. The first-order valence-corrected chi connectivity index (χ1v) is 11.4. The number of aromatic nitrogens is 3. The van der Waals surface area contributed by atoms with Crippen LogP contribution >= 0.6 is 22.9 Å². The highest BCUT2D eigenvalue weighted by molar-refractivity contribution is 7.09. The topological polar surface area (TPSA) is 51.0 Å². The van der Waals surface area contributed by atoms with Gasteiger partial charge in [0.1, 0.15) is 0 Å². The molecule has 1 unspecified atom stereocenters. The summed E-state index contributed by atoms with van der Waals surface area (Å²) in [5.74, 6) is 0.830. The quantitative estimate of drug-likeness (QED) is 0.577. The van der Waals surface area contributed by atoms with Crippen LogP contribution in [-0.2, 0) is 0 Å². The van der Waals surface area contributed by atoms with E-state index in [2.05, 4.69) is 10.1 Å². The van der Waals surface area contributed by atoms with Crippen molar-refractivity contribution < 1.29 is 4.79 Å². The second-order valence-electron chi connectivity index (χ2n) is 8.02. The maximum absolute atomic E-state index is 13.5. The van der Waals surface area contributed by atoms with E-state index >= 15 is 0 Å². The van der Waals surface area contributed by atoms with E-state index in [-0.39, 0.29) is 5.91 Å². The van der Waals surface area contributed by atoms with Crippen LogP contribution in [0.5, 0.6) is 0 Å². The largest absolute Gasteiger partial charge is 0.338 e. The van der Waals surface area contributed by atoms with Gasteiger partial charge in [0.15, 0.2) is 0 Å². The summed E-state index contributed by atoms with van der Waals surface area (Å²) in [6.45, 7) is 3.52. The van der Waals surface area contributed by atoms with Gasteiger partial charge in [0, 0.05) is 41.5 Å². The Morgan fingerprint density at radius 3 is 2.83 bits per heavy atom. The number of hydrogen-bond acceptors (Lipinski definition) is 4. The van der Waals surface area contributed by atoms with Crippen LogP contribution in [0.1, 0.15) is 64.1 Å². The van der Waals surface area contributed by atoms with Crippen LogP contribution < -0.4 is 0 Å². The van der Waals surface area contributed by atoms with Crippen molar-refractivity contribution >= 4 is 28.8 Å². The lowest BCUT2D eigenvalue weighted by atomic mass is 9.98. The minimum Gasteiger partial charge on any atom is -0.338 e. The third kappa shape index (κ3) is 3.60. The van der Waals surface area contributed by atoms with Crippen LogP contribution in [0.3, 0.4) is 0 Å². The first-order valence-electron chi connectivity index (χ1n) is 10.1. The molecular formula is C22H23ClN4OS. The molecule has 1 saturated carbocycles. The Hall–Kier alpha value is -2.18. The maximum atomic E-state index is 13.5. The van der Waals surface area contributed by atoms with Gasteiger partial charge in [0.2, 0.25) is 0 Å².